The van der Waals surface area contributed by atoms with E-state index in [0.717, 1.165) is 18.7 Å². The highest BCUT2D eigenvalue weighted by Gasteiger charge is 2.24. The number of ether oxygens (including phenoxy) is 1. The highest BCUT2D eigenvalue weighted by Crippen LogP contribution is 2.23. The highest BCUT2D eigenvalue weighted by atomic mass is 16.5. The summed E-state index contributed by atoms with van der Waals surface area (Å²) >= 11 is 0. The summed E-state index contributed by atoms with van der Waals surface area (Å²) in [6.07, 6.45) is 3.84. The van der Waals surface area contributed by atoms with Crippen molar-refractivity contribution in [1.29, 1.82) is 0 Å². The van der Waals surface area contributed by atoms with E-state index >= 15 is 0 Å². The van der Waals surface area contributed by atoms with Crippen molar-refractivity contribution in [3.05, 3.63) is 53.9 Å². The molecule has 5 nitrogen and oxygen atoms in total. The summed E-state index contributed by atoms with van der Waals surface area (Å²) in [7, 11) is 1.60. The molecule has 0 bridgehead atoms. The van der Waals surface area contributed by atoms with Gasteiger partial charge in [-0.05, 0) is 19.1 Å². The van der Waals surface area contributed by atoms with Crippen molar-refractivity contribution in [2.24, 2.45) is 0 Å². The highest BCUT2D eigenvalue weighted by molar-refractivity contribution is 5.97. The van der Waals surface area contributed by atoms with Crippen LogP contribution < -0.4 is 14.6 Å². The van der Waals surface area contributed by atoms with E-state index in [0.29, 0.717) is 24.4 Å². The molecule has 1 saturated heterocycles. The van der Waals surface area contributed by atoms with E-state index in [9.17, 15) is 4.79 Å². The van der Waals surface area contributed by atoms with Crippen LogP contribution >= 0.6 is 0 Å². The van der Waals surface area contributed by atoms with Crippen LogP contribution in [0.1, 0.15) is 15.9 Å². The van der Waals surface area contributed by atoms with Gasteiger partial charge < -0.3 is 14.5 Å². The van der Waals surface area contributed by atoms with Gasteiger partial charge in [0.2, 0.25) is 0 Å². The molecular weight excluding hydrogens is 290 g/mol. The molecule has 0 aliphatic carbocycles. The maximum Gasteiger partial charge on any atom is 0.257 e. The Morgan fingerprint density at radius 3 is 2.43 bits per heavy atom. The lowest BCUT2D eigenvalue weighted by atomic mass is 10.1. The molecule has 0 unspecified atom stereocenters. The third-order valence-corrected chi connectivity index (χ3v) is 4.22. The van der Waals surface area contributed by atoms with Gasteiger partial charge in [0.1, 0.15) is 5.75 Å². The van der Waals surface area contributed by atoms with Crippen molar-refractivity contribution in [3.63, 3.8) is 0 Å². The zero-order valence-corrected chi connectivity index (χ0v) is 13.6. The van der Waals surface area contributed by atoms with Gasteiger partial charge in [-0.3, -0.25) is 4.79 Å². The maximum atomic E-state index is 12.8. The van der Waals surface area contributed by atoms with Crippen LogP contribution in [0.15, 0.2) is 42.7 Å². The Morgan fingerprint density at radius 1 is 1.09 bits per heavy atom. The standard InChI is InChI=1S/C18H21N3O2/c1-14-3-4-17(23-2)16(13-14)18(22)21-11-9-20(10-12-21)15-5-7-19-8-6-15/h3-8,13H,9-12H2,1-2H3/p+1. The molecule has 120 valence electrons. The number of aromatic amines is 1. The van der Waals surface area contributed by atoms with Crippen molar-refractivity contribution >= 4 is 11.6 Å². The minimum atomic E-state index is 0.0478. The Hall–Kier alpha value is -2.56. The first-order valence-corrected chi connectivity index (χ1v) is 7.84. The first-order chi connectivity index (χ1) is 11.2. The molecular formula is C18H22N3O2+. The summed E-state index contributed by atoms with van der Waals surface area (Å²) in [5.74, 6) is 0.688. The number of hydrogen-bond acceptors (Lipinski definition) is 3. The number of carbonyl (C=O) groups excluding carboxylic acids is 1. The van der Waals surface area contributed by atoms with Crippen LogP contribution in [0, 0.1) is 6.92 Å². The zero-order chi connectivity index (χ0) is 16.2. The van der Waals surface area contributed by atoms with E-state index in [-0.39, 0.29) is 5.91 Å². The quantitative estimate of drug-likeness (QED) is 0.868. The van der Waals surface area contributed by atoms with Crippen molar-refractivity contribution < 1.29 is 14.5 Å². The van der Waals surface area contributed by atoms with Crippen LogP contribution in [0.4, 0.5) is 5.69 Å². The summed E-state index contributed by atoms with van der Waals surface area (Å²) in [6, 6.07) is 9.84. The fraction of sp³-hybridized carbons (Fsp3) is 0.333. The second-order valence-corrected chi connectivity index (χ2v) is 5.74. The minimum absolute atomic E-state index is 0.0478. The Morgan fingerprint density at radius 2 is 1.78 bits per heavy atom. The van der Waals surface area contributed by atoms with Gasteiger partial charge in [0, 0.05) is 44.0 Å². The monoisotopic (exact) mass is 312 g/mol. The van der Waals surface area contributed by atoms with Crippen LogP contribution in [0.25, 0.3) is 0 Å². The number of pyridine rings is 1. The Labute approximate surface area is 136 Å². The van der Waals surface area contributed by atoms with Crippen LogP contribution in [0.5, 0.6) is 5.75 Å². The molecule has 2 heterocycles. The van der Waals surface area contributed by atoms with E-state index < -0.39 is 0 Å². The number of nitrogens with one attached hydrogen (secondary N) is 1. The van der Waals surface area contributed by atoms with Gasteiger partial charge in [-0.25, -0.2) is 4.98 Å². The van der Waals surface area contributed by atoms with Gasteiger partial charge in [-0.1, -0.05) is 11.6 Å². The number of hydrogen-bond donors (Lipinski definition) is 0. The number of rotatable bonds is 3. The SMILES string of the molecule is COc1ccc(C)cc1C(=O)N1CCN(c2cc[nH+]cc2)CC1. The second kappa shape index (κ2) is 6.69. The number of aromatic nitrogens is 1. The van der Waals surface area contributed by atoms with Crippen molar-refractivity contribution in [3.8, 4) is 5.75 Å². The smallest absolute Gasteiger partial charge is 0.257 e. The van der Waals surface area contributed by atoms with Gasteiger partial charge in [0.15, 0.2) is 12.4 Å². The molecule has 1 aromatic carbocycles. The fourth-order valence-electron chi connectivity index (χ4n) is 2.92. The molecule has 1 aliphatic rings. The van der Waals surface area contributed by atoms with Crippen molar-refractivity contribution in [1.82, 2.24) is 4.90 Å². The number of benzene rings is 1. The molecule has 0 spiro atoms. The molecule has 1 N–H and O–H groups in total. The summed E-state index contributed by atoms with van der Waals surface area (Å²) in [5.41, 5.74) is 2.90. The van der Waals surface area contributed by atoms with E-state index in [4.69, 9.17) is 4.74 Å². The van der Waals surface area contributed by atoms with E-state index in [1.807, 2.05) is 42.4 Å². The predicted octanol–water partition coefficient (Wildman–Crippen LogP) is 1.78. The molecule has 1 aliphatic heterocycles. The summed E-state index contributed by atoms with van der Waals surface area (Å²) in [4.78, 5) is 20.0. The fourth-order valence-corrected chi connectivity index (χ4v) is 2.92. The summed E-state index contributed by atoms with van der Waals surface area (Å²) < 4.78 is 5.34. The number of carbonyl (C=O) groups is 1. The molecule has 0 radical (unpaired) electrons. The number of H-pyrrole nitrogens is 1. The number of anilines is 1. The maximum absolute atomic E-state index is 12.8. The number of amides is 1. The molecule has 1 aromatic heterocycles. The number of methoxy groups -OCH3 is 1. The Balaban J connectivity index is 1.70. The second-order valence-electron chi connectivity index (χ2n) is 5.74. The lowest BCUT2D eigenvalue weighted by Gasteiger charge is -2.36. The minimum Gasteiger partial charge on any atom is -0.496 e. The van der Waals surface area contributed by atoms with Crippen LogP contribution in [0.2, 0.25) is 0 Å². The molecule has 2 aromatic rings. The van der Waals surface area contributed by atoms with Crippen molar-refractivity contribution in [2.75, 3.05) is 38.2 Å². The first-order valence-electron chi connectivity index (χ1n) is 7.84. The Bertz CT molecular complexity index is 680. The van der Waals surface area contributed by atoms with Gasteiger partial charge in [-0.15, -0.1) is 0 Å². The van der Waals surface area contributed by atoms with Gasteiger partial charge in [0.25, 0.3) is 5.91 Å². The largest absolute Gasteiger partial charge is 0.496 e. The van der Waals surface area contributed by atoms with E-state index in [1.165, 1.54) is 5.69 Å². The zero-order valence-electron chi connectivity index (χ0n) is 13.6. The topological polar surface area (TPSA) is 46.9 Å². The molecule has 1 fully saturated rings. The molecule has 5 heteroatoms. The predicted molar refractivity (Wildman–Crippen MR) is 88.8 cm³/mol. The molecule has 0 atom stereocenters. The number of aryl methyl sites for hydroxylation is 1. The molecule has 0 saturated carbocycles. The Kier molecular flexibility index (Phi) is 4.46. The van der Waals surface area contributed by atoms with Gasteiger partial charge in [0.05, 0.1) is 12.7 Å². The normalized spacial score (nSPS) is 14.7. The molecule has 3 rings (SSSR count). The van der Waals surface area contributed by atoms with E-state index in [2.05, 4.69) is 22.0 Å². The van der Waals surface area contributed by atoms with Gasteiger partial charge >= 0.3 is 0 Å². The lowest BCUT2D eigenvalue weighted by Crippen LogP contribution is -2.48. The molecule has 1 amide bonds. The summed E-state index contributed by atoms with van der Waals surface area (Å²) in [5, 5.41) is 0. The third-order valence-electron chi connectivity index (χ3n) is 4.22. The van der Waals surface area contributed by atoms with Gasteiger partial charge in [-0.2, -0.15) is 0 Å². The molecule has 23 heavy (non-hydrogen) atoms. The van der Waals surface area contributed by atoms with Crippen LogP contribution in [0.3, 0.4) is 0 Å². The average molecular weight is 312 g/mol. The van der Waals surface area contributed by atoms with E-state index in [1.54, 1.807) is 7.11 Å². The number of piperazine rings is 1. The van der Waals surface area contributed by atoms with Crippen molar-refractivity contribution in [2.45, 2.75) is 6.92 Å². The lowest BCUT2D eigenvalue weighted by molar-refractivity contribution is -0.377. The van der Waals surface area contributed by atoms with Crippen LogP contribution in [-0.4, -0.2) is 44.1 Å². The van der Waals surface area contributed by atoms with Crippen LogP contribution in [-0.2, 0) is 0 Å². The first kappa shape index (κ1) is 15.3. The number of nitrogens with zero attached hydrogens (tertiary/aromatic N) is 2. The third kappa shape index (κ3) is 3.28. The average Bonchev–Trinajstić information content (AvgIpc) is 2.62. The summed E-state index contributed by atoms with van der Waals surface area (Å²) in [6.45, 7) is 5.09.